The maximum Gasteiger partial charge on any atom is 0.307 e. The summed E-state index contributed by atoms with van der Waals surface area (Å²) in [6.07, 6.45) is 9.69. The fourth-order valence-electron chi connectivity index (χ4n) is 2.81. The lowest BCUT2D eigenvalue weighted by atomic mass is 9.89. The Morgan fingerprint density at radius 2 is 1.60 bits per heavy atom. The molecule has 0 amide bonds. The van der Waals surface area contributed by atoms with Crippen molar-refractivity contribution in [3.63, 3.8) is 0 Å². The molecule has 15 heavy (non-hydrogen) atoms. The van der Waals surface area contributed by atoms with Crippen molar-refractivity contribution in [2.75, 3.05) is 0 Å². The van der Waals surface area contributed by atoms with Gasteiger partial charge in [-0.1, -0.05) is 25.7 Å². The Morgan fingerprint density at radius 3 is 2.27 bits per heavy atom. The molecule has 86 valence electrons. The van der Waals surface area contributed by atoms with E-state index < -0.39 is 5.97 Å². The highest BCUT2D eigenvalue weighted by molar-refractivity contribution is 8.00. The molecule has 2 saturated carbocycles. The van der Waals surface area contributed by atoms with Crippen molar-refractivity contribution in [2.24, 2.45) is 5.92 Å². The third-order valence-corrected chi connectivity index (χ3v) is 5.46. The van der Waals surface area contributed by atoms with Crippen LogP contribution in [-0.4, -0.2) is 21.6 Å². The number of carboxylic acid groups (broad SMARTS) is 1. The van der Waals surface area contributed by atoms with Crippen LogP contribution in [0.25, 0.3) is 0 Å². The van der Waals surface area contributed by atoms with Crippen LogP contribution in [0.3, 0.4) is 0 Å². The highest BCUT2D eigenvalue weighted by Gasteiger charge is 2.33. The second-order valence-corrected chi connectivity index (χ2v) is 6.35. The van der Waals surface area contributed by atoms with E-state index in [1.165, 1.54) is 32.1 Å². The Bertz CT molecular complexity index is 224. The van der Waals surface area contributed by atoms with E-state index in [-0.39, 0.29) is 5.92 Å². The van der Waals surface area contributed by atoms with Gasteiger partial charge in [-0.25, -0.2) is 0 Å². The molecule has 0 aliphatic heterocycles. The van der Waals surface area contributed by atoms with Gasteiger partial charge in [0.2, 0.25) is 0 Å². The van der Waals surface area contributed by atoms with Gasteiger partial charge in [-0.15, -0.1) is 0 Å². The zero-order chi connectivity index (χ0) is 10.7. The van der Waals surface area contributed by atoms with Gasteiger partial charge in [0.15, 0.2) is 0 Å². The van der Waals surface area contributed by atoms with Crippen LogP contribution >= 0.6 is 11.8 Å². The van der Waals surface area contributed by atoms with Gasteiger partial charge in [0.1, 0.15) is 0 Å². The van der Waals surface area contributed by atoms with E-state index >= 15 is 0 Å². The minimum absolute atomic E-state index is 0.0654. The predicted octanol–water partition coefficient (Wildman–Crippen LogP) is 3.31. The molecule has 0 aromatic heterocycles. The number of carboxylic acids is 1. The van der Waals surface area contributed by atoms with Crippen LogP contribution in [0, 0.1) is 5.92 Å². The molecule has 0 spiro atoms. The lowest BCUT2D eigenvalue weighted by molar-refractivity contribution is -0.142. The Balaban J connectivity index is 1.89. The van der Waals surface area contributed by atoms with Gasteiger partial charge in [0.25, 0.3) is 0 Å². The van der Waals surface area contributed by atoms with E-state index in [0.717, 1.165) is 24.5 Å². The highest BCUT2D eigenvalue weighted by Crippen LogP contribution is 2.40. The first kappa shape index (κ1) is 11.3. The standard InChI is InChI=1S/C12H20O2S/c13-12(14)10-7-3-4-8-11(10)15-9-5-1-2-6-9/h9-11H,1-8H2,(H,13,14). The van der Waals surface area contributed by atoms with Gasteiger partial charge in [0, 0.05) is 10.5 Å². The smallest absolute Gasteiger partial charge is 0.307 e. The van der Waals surface area contributed by atoms with Crippen LogP contribution in [0.2, 0.25) is 0 Å². The van der Waals surface area contributed by atoms with Gasteiger partial charge >= 0.3 is 5.97 Å². The van der Waals surface area contributed by atoms with Crippen LogP contribution in [-0.2, 0) is 4.79 Å². The average Bonchev–Trinajstić information content (AvgIpc) is 2.71. The van der Waals surface area contributed by atoms with Gasteiger partial charge in [-0.05, 0) is 25.7 Å². The van der Waals surface area contributed by atoms with Gasteiger partial charge in [0.05, 0.1) is 5.92 Å². The summed E-state index contributed by atoms with van der Waals surface area (Å²) in [5.41, 5.74) is 0. The van der Waals surface area contributed by atoms with E-state index in [0.29, 0.717) is 5.25 Å². The number of rotatable bonds is 3. The largest absolute Gasteiger partial charge is 0.481 e. The molecule has 1 N–H and O–H groups in total. The third-order valence-electron chi connectivity index (χ3n) is 3.69. The lowest BCUT2D eigenvalue weighted by Gasteiger charge is -2.29. The van der Waals surface area contributed by atoms with Crippen molar-refractivity contribution in [2.45, 2.75) is 61.9 Å². The van der Waals surface area contributed by atoms with E-state index in [9.17, 15) is 4.79 Å². The highest BCUT2D eigenvalue weighted by atomic mass is 32.2. The first-order valence-corrected chi connectivity index (χ1v) is 7.10. The van der Waals surface area contributed by atoms with Crippen LogP contribution in [0.15, 0.2) is 0 Å². The topological polar surface area (TPSA) is 37.3 Å². The molecule has 0 aromatic carbocycles. The van der Waals surface area contributed by atoms with Crippen molar-refractivity contribution < 1.29 is 9.90 Å². The number of aliphatic carboxylic acids is 1. The Kier molecular flexibility index (Phi) is 3.95. The minimum Gasteiger partial charge on any atom is -0.481 e. The van der Waals surface area contributed by atoms with E-state index in [1.54, 1.807) is 0 Å². The molecule has 3 heteroatoms. The maximum absolute atomic E-state index is 11.1. The fraction of sp³-hybridized carbons (Fsp3) is 0.917. The summed E-state index contributed by atoms with van der Waals surface area (Å²) in [5.74, 6) is -0.630. The summed E-state index contributed by atoms with van der Waals surface area (Å²) in [7, 11) is 0. The molecule has 0 heterocycles. The zero-order valence-electron chi connectivity index (χ0n) is 9.15. The summed E-state index contributed by atoms with van der Waals surface area (Å²) in [6, 6.07) is 0. The number of hydrogen-bond acceptors (Lipinski definition) is 2. The fourth-order valence-corrected chi connectivity index (χ4v) is 4.66. The van der Waals surface area contributed by atoms with Crippen LogP contribution < -0.4 is 0 Å². The van der Waals surface area contributed by atoms with Crippen molar-refractivity contribution in [3.8, 4) is 0 Å². The monoisotopic (exact) mass is 228 g/mol. The number of thioether (sulfide) groups is 1. The molecule has 2 aliphatic rings. The Labute approximate surface area is 95.8 Å². The molecule has 2 unspecified atom stereocenters. The second-order valence-electron chi connectivity index (χ2n) is 4.81. The predicted molar refractivity (Wildman–Crippen MR) is 63.2 cm³/mol. The molecule has 2 fully saturated rings. The third kappa shape index (κ3) is 2.90. The van der Waals surface area contributed by atoms with Gasteiger partial charge in [-0.2, -0.15) is 11.8 Å². The van der Waals surface area contributed by atoms with E-state index in [1.807, 2.05) is 11.8 Å². The minimum atomic E-state index is -0.565. The average molecular weight is 228 g/mol. The SMILES string of the molecule is O=C(O)C1CCCCC1SC1CCCC1. The number of carbonyl (C=O) groups is 1. The van der Waals surface area contributed by atoms with Crippen LogP contribution in [0.1, 0.15) is 51.4 Å². The van der Waals surface area contributed by atoms with E-state index in [4.69, 9.17) is 5.11 Å². The quantitative estimate of drug-likeness (QED) is 0.805. The molecule has 0 saturated heterocycles. The summed E-state index contributed by atoms with van der Waals surface area (Å²) in [4.78, 5) is 11.1. The first-order valence-electron chi connectivity index (χ1n) is 6.15. The summed E-state index contributed by atoms with van der Waals surface area (Å²) in [6.45, 7) is 0. The lowest BCUT2D eigenvalue weighted by Crippen LogP contribution is -2.30. The molecule has 2 rings (SSSR count). The van der Waals surface area contributed by atoms with Crippen molar-refractivity contribution >= 4 is 17.7 Å². The number of hydrogen-bond donors (Lipinski definition) is 1. The molecule has 2 atom stereocenters. The summed E-state index contributed by atoms with van der Waals surface area (Å²) >= 11 is 1.98. The van der Waals surface area contributed by atoms with Crippen molar-refractivity contribution in [1.82, 2.24) is 0 Å². The van der Waals surface area contributed by atoms with Crippen LogP contribution in [0.5, 0.6) is 0 Å². The molecule has 2 aliphatic carbocycles. The molecular weight excluding hydrogens is 208 g/mol. The molecule has 0 aromatic rings. The molecular formula is C12H20O2S. The summed E-state index contributed by atoms with van der Waals surface area (Å²) < 4.78 is 0. The van der Waals surface area contributed by atoms with E-state index in [2.05, 4.69) is 0 Å². The van der Waals surface area contributed by atoms with Crippen LogP contribution in [0.4, 0.5) is 0 Å². The van der Waals surface area contributed by atoms with Gasteiger partial charge < -0.3 is 5.11 Å². The van der Waals surface area contributed by atoms with Crippen molar-refractivity contribution in [3.05, 3.63) is 0 Å². The Hall–Kier alpha value is -0.180. The molecule has 2 nitrogen and oxygen atoms in total. The first-order chi connectivity index (χ1) is 7.27. The second kappa shape index (κ2) is 5.24. The molecule has 0 bridgehead atoms. The van der Waals surface area contributed by atoms with Gasteiger partial charge in [-0.3, -0.25) is 4.79 Å². The zero-order valence-corrected chi connectivity index (χ0v) is 9.97. The normalized spacial score (nSPS) is 33.1. The Morgan fingerprint density at radius 1 is 1.00 bits per heavy atom. The van der Waals surface area contributed by atoms with Crippen molar-refractivity contribution in [1.29, 1.82) is 0 Å². The summed E-state index contributed by atoms with van der Waals surface area (Å²) in [5, 5.41) is 10.3. The molecule has 0 radical (unpaired) electrons. The maximum atomic E-state index is 11.1.